The van der Waals surface area contributed by atoms with E-state index in [4.69, 9.17) is 14.7 Å². The van der Waals surface area contributed by atoms with E-state index in [1.807, 2.05) is 29.7 Å². The number of thioether (sulfide) groups is 1. The number of allylic oxidation sites excluding steroid dienone is 1. The standard InChI is InChI=1S/C29H27N3O4S2/c30-15-20-11-23(37-17-20)16-31-28(34)24-14-29(35-9-10-36-29)18-32(24)27(33)12-19-5-7-21(8-6-19)26-13-22-3-1-2-4-25(22)38-26/h1-8,13,17,23-24H,9-12,14,16,18H2,(H,31,34). The van der Waals surface area contributed by atoms with Crippen LogP contribution < -0.4 is 5.32 Å². The number of carbonyl (C=O) groups excluding carboxylic acids is 2. The van der Waals surface area contributed by atoms with Crippen molar-refractivity contribution in [3.63, 3.8) is 0 Å². The minimum absolute atomic E-state index is 0.126. The van der Waals surface area contributed by atoms with Gasteiger partial charge < -0.3 is 19.7 Å². The van der Waals surface area contributed by atoms with Crippen LogP contribution in [-0.2, 0) is 25.5 Å². The Balaban J connectivity index is 1.13. The van der Waals surface area contributed by atoms with Crippen LogP contribution in [0.15, 0.2) is 65.6 Å². The number of nitrogens with one attached hydrogen (secondary N) is 1. The molecule has 0 bridgehead atoms. The average Bonchev–Trinajstić information content (AvgIpc) is 3.74. The minimum Gasteiger partial charge on any atom is -0.353 e. The van der Waals surface area contributed by atoms with Crippen molar-refractivity contribution in [1.29, 1.82) is 5.26 Å². The van der Waals surface area contributed by atoms with E-state index in [0.717, 1.165) is 16.7 Å². The van der Waals surface area contributed by atoms with Crippen LogP contribution >= 0.6 is 23.1 Å². The van der Waals surface area contributed by atoms with Gasteiger partial charge in [-0.15, -0.1) is 23.1 Å². The number of rotatable bonds is 6. The Kier molecular flexibility index (Phi) is 6.97. The number of hydrogen-bond acceptors (Lipinski definition) is 7. The second-order valence-corrected chi connectivity index (χ2v) is 12.1. The molecule has 3 aromatic rings. The summed E-state index contributed by atoms with van der Waals surface area (Å²) in [4.78, 5) is 29.5. The lowest BCUT2D eigenvalue weighted by Gasteiger charge is -2.24. The van der Waals surface area contributed by atoms with E-state index in [9.17, 15) is 9.59 Å². The third-order valence-corrected chi connectivity index (χ3v) is 9.55. The highest BCUT2D eigenvalue weighted by Gasteiger charge is 2.52. The lowest BCUT2D eigenvalue weighted by atomic mass is 10.1. The van der Waals surface area contributed by atoms with Crippen molar-refractivity contribution in [1.82, 2.24) is 10.2 Å². The van der Waals surface area contributed by atoms with Crippen molar-refractivity contribution in [3.05, 3.63) is 71.1 Å². The Morgan fingerprint density at radius 2 is 1.92 bits per heavy atom. The van der Waals surface area contributed by atoms with Crippen LogP contribution in [0.1, 0.15) is 18.4 Å². The van der Waals surface area contributed by atoms with E-state index in [1.165, 1.54) is 15.0 Å². The van der Waals surface area contributed by atoms with E-state index in [-0.39, 0.29) is 30.0 Å². The molecule has 2 unspecified atom stereocenters. The van der Waals surface area contributed by atoms with Crippen molar-refractivity contribution in [2.75, 3.05) is 26.3 Å². The first-order valence-corrected chi connectivity index (χ1v) is 14.5. The SMILES string of the molecule is N#CC1=CSC(CNC(=O)C2CC3(CN2C(=O)Cc2ccc(-c4cc5ccccc5s4)cc2)OCCO3)C1. The first-order valence-electron chi connectivity index (χ1n) is 12.7. The quantitative estimate of drug-likeness (QED) is 0.491. The number of ether oxygens (including phenoxy) is 2. The molecule has 2 fully saturated rings. The first kappa shape index (κ1) is 25.1. The minimum atomic E-state index is -0.916. The molecule has 9 heteroatoms. The number of nitriles is 1. The number of nitrogens with zero attached hydrogens (tertiary/aromatic N) is 2. The van der Waals surface area contributed by atoms with Crippen LogP contribution in [0.4, 0.5) is 0 Å². The Morgan fingerprint density at radius 3 is 2.66 bits per heavy atom. The highest BCUT2D eigenvalue weighted by atomic mass is 32.2. The fraction of sp³-hybridized carbons (Fsp3) is 0.345. The average molecular weight is 546 g/mol. The summed E-state index contributed by atoms with van der Waals surface area (Å²) in [5.41, 5.74) is 2.74. The lowest BCUT2D eigenvalue weighted by molar-refractivity contribution is -0.152. The van der Waals surface area contributed by atoms with Gasteiger partial charge in [-0.25, -0.2) is 0 Å². The predicted octanol–water partition coefficient (Wildman–Crippen LogP) is 4.48. The highest BCUT2D eigenvalue weighted by molar-refractivity contribution is 8.03. The van der Waals surface area contributed by atoms with Crippen molar-refractivity contribution < 1.29 is 19.1 Å². The van der Waals surface area contributed by atoms with Crippen LogP contribution in [0.5, 0.6) is 0 Å². The zero-order chi connectivity index (χ0) is 26.1. The first-order chi connectivity index (χ1) is 18.5. The van der Waals surface area contributed by atoms with Gasteiger partial charge in [0, 0.05) is 33.4 Å². The smallest absolute Gasteiger partial charge is 0.243 e. The molecule has 1 aromatic heterocycles. The lowest BCUT2D eigenvalue weighted by Crippen LogP contribution is -2.47. The number of amides is 2. The van der Waals surface area contributed by atoms with Gasteiger partial charge in [-0.2, -0.15) is 5.26 Å². The Hall–Kier alpha value is -3.16. The number of carbonyl (C=O) groups is 2. The maximum atomic E-state index is 13.5. The van der Waals surface area contributed by atoms with Crippen molar-refractivity contribution in [3.8, 4) is 16.5 Å². The third kappa shape index (κ3) is 5.09. The van der Waals surface area contributed by atoms with Crippen molar-refractivity contribution in [2.45, 2.75) is 36.3 Å². The second kappa shape index (κ2) is 10.5. The molecule has 4 heterocycles. The molecule has 2 saturated heterocycles. The molecule has 3 aliphatic rings. The van der Waals surface area contributed by atoms with Gasteiger partial charge in [-0.05, 0) is 40.5 Å². The summed E-state index contributed by atoms with van der Waals surface area (Å²) in [6.45, 7) is 1.59. The van der Waals surface area contributed by atoms with Gasteiger partial charge >= 0.3 is 0 Å². The summed E-state index contributed by atoms with van der Waals surface area (Å²) in [5.74, 6) is -1.25. The van der Waals surface area contributed by atoms with Gasteiger partial charge in [0.2, 0.25) is 11.8 Å². The van der Waals surface area contributed by atoms with Crippen LogP contribution in [-0.4, -0.2) is 60.1 Å². The van der Waals surface area contributed by atoms with Crippen molar-refractivity contribution >= 4 is 45.0 Å². The second-order valence-electron chi connectivity index (χ2n) is 9.83. The van der Waals surface area contributed by atoms with E-state index in [0.29, 0.717) is 32.6 Å². The number of benzene rings is 2. The Morgan fingerprint density at radius 1 is 1.13 bits per heavy atom. The molecule has 194 valence electrons. The fourth-order valence-electron chi connectivity index (χ4n) is 5.27. The predicted molar refractivity (Wildman–Crippen MR) is 148 cm³/mol. The van der Waals surface area contributed by atoms with Crippen molar-refractivity contribution in [2.24, 2.45) is 0 Å². The topological polar surface area (TPSA) is 91.7 Å². The molecule has 1 spiro atoms. The summed E-state index contributed by atoms with van der Waals surface area (Å²) < 4.78 is 13.0. The molecule has 6 rings (SSSR count). The summed E-state index contributed by atoms with van der Waals surface area (Å²) in [6, 6.07) is 20.1. The van der Waals surface area contributed by atoms with Gasteiger partial charge in [-0.1, -0.05) is 42.5 Å². The van der Waals surface area contributed by atoms with E-state index in [2.05, 4.69) is 41.7 Å². The Bertz CT molecular complexity index is 1400. The molecule has 7 nitrogen and oxygen atoms in total. The molecular formula is C29H27N3O4S2. The van der Waals surface area contributed by atoms with Crippen LogP contribution in [0.3, 0.4) is 0 Å². The molecule has 3 aliphatic heterocycles. The number of fused-ring (bicyclic) bond motifs is 1. The van der Waals surface area contributed by atoms with Crippen LogP contribution in [0.2, 0.25) is 0 Å². The number of likely N-dealkylation sites (tertiary alicyclic amines) is 1. The van der Waals surface area contributed by atoms with Crippen LogP contribution in [0.25, 0.3) is 20.5 Å². The van der Waals surface area contributed by atoms with Gasteiger partial charge in [0.15, 0.2) is 5.79 Å². The summed E-state index contributed by atoms with van der Waals surface area (Å²) >= 11 is 3.31. The molecule has 2 atom stereocenters. The van der Waals surface area contributed by atoms with Crippen LogP contribution in [0, 0.1) is 11.3 Å². The molecular weight excluding hydrogens is 518 g/mol. The maximum Gasteiger partial charge on any atom is 0.243 e. The normalized spacial score (nSPS) is 22.1. The highest BCUT2D eigenvalue weighted by Crippen LogP contribution is 2.36. The monoisotopic (exact) mass is 545 g/mol. The summed E-state index contributed by atoms with van der Waals surface area (Å²) in [6.07, 6.45) is 1.15. The largest absolute Gasteiger partial charge is 0.353 e. The number of hydrogen-bond donors (Lipinski definition) is 1. The van der Waals surface area contributed by atoms with Gasteiger partial charge in [0.1, 0.15) is 6.04 Å². The zero-order valence-corrected chi connectivity index (χ0v) is 22.4. The molecule has 0 aliphatic carbocycles. The molecule has 0 saturated carbocycles. The van der Waals surface area contributed by atoms with Gasteiger partial charge in [-0.3, -0.25) is 9.59 Å². The molecule has 0 radical (unpaired) electrons. The maximum absolute atomic E-state index is 13.5. The fourth-order valence-corrected chi connectivity index (χ4v) is 7.30. The van der Waals surface area contributed by atoms with Gasteiger partial charge in [0.25, 0.3) is 0 Å². The zero-order valence-electron chi connectivity index (χ0n) is 20.7. The van der Waals surface area contributed by atoms with E-state index < -0.39 is 11.8 Å². The van der Waals surface area contributed by atoms with E-state index in [1.54, 1.807) is 28.0 Å². The third-order valence-electron chi connectivity index (χ3n) is 7.25. The van der Waals surface area contributed by atoms with E-state index >= 15 is 0 Å². The Labute approximate surface area is 229 Å². The number of thiophene rings is 1. The summed E-state index contributed by atoms with van der Waals surface area (Å²) in [5, 5.41) is 15.3. The molecule has 2 amide bonds. The molecule has 1 N–H and O–H groups in total. The van der Waals surface area contributed by atoms with Gasteiger partial charge in [0.05, 0.1) is 32.2 Å². The molecule has 38 heavy (non-hydrogen) atoms. The summed E-state index contributed by atoms with van der Waals surface area (Å²) in [7, 11) is 0. The molecule has 2 aromatic carbocycles.